The van der Waals surface area contributed by atoms with Gasteiger partial charge >= 0.3 is 5.97 Å². The minimum absolute atomic E-state index is 0.0785. The number of rotatable bonds is 4. The first kappa shape index (κ1) is 13.2. The molecule has 1 saturated heterocycles. The predicted octanol–water partition coefficient (Wildman–Crippen LogP) is 2.41. The molecule has 1 aliphatic rings. The third kappa shape index (κ3) is 3.15. The van der Waals surface area contributed by atoms with Crippen molar-refractivity contribution >= 4 is 23.3 Å². The lowest BCUT2D eigenvalue weighted by Gasteiger charge is -2.37. The number of hydrogen-bond donors (Lipinski definition) is 1. The van der Waals surface area contributed by atoms with E-state index < -0.39 is 5.97 Å². The summed E-state index contributed by atoms with van der Waals surface area (Å²) in [5.41, 5.74) is 0.956. The number of anilines is 1. The van der Waals surface area contributed by atoms with Gasteiger partial charge < -0.3 is 14.7 Å². The van der Waals surface area contributed by atoms with Crippen LogP contribution in [0.25, 0.3) is 0 Å². The van der Waals surface area contributed by atoms with Crippen molar-refractivity contribution in [2.75, 3.05) is 24.7 Å². The fourth-order valence-electron chi connectivity index (χ4n) is 2.19. The molecule has 98 valence electrons. The van der Waals surface area contributed by atoms with E-state index in [-0.39, 0.29) is 12.5 Å². The maximum atomic E-state index is 10.7. The van der Waals surface area contributed by atoms with Crippen LogP contribution in [0.4, 0.5) is 5.69 Å². The molecule has 0 amide bonds. The molecule has 1 atom stereocenters. The Labute approximate surface area is 111 Å². The van der Waals surface area contributed by atoms with Crippen molar-refractivity contribution in [1.82, 2.24) is 0 Å². The number of carboxylic acid groups (broad SMARTS) is 1. The van der Waals surface area contributed by atoms with Crippen LogP contribution >= 0.6 is 11.6 Å². The molecule has 0 spiro atoms. The fourth-order valence-corrected chi connectivity index (χ4v) is 2.43. The Morgan fingerprint density at radius 1 is 1.50 bits per heavy atom. The topological polar surface area (TPSA) is 49.8 Å². The van der Waals surface area contributed by atoms with Gasteiger partial charge in [-0.25, -0.2) is 0 Å². The summed E-state index contributed by atoms with van der Waals surface area (Å²) in [4.78, 5) is 12.8. The highest BCUT2D eigenvalue weighted by Crippen LogP contribution is 2.29. The van der Waals surface area contributed by atoms with Crippen molar-refractivity contribution in [3.8, 4) is 0 Å². The van der Waals surface area contributed by atoms with Crippen molar-refractivity contribution in [2.45, 2.75) is 18.9 Å². The minimum Gasteiger partial charge on any atom is -0.481 e. The van der Waals surface area contributed by atoms with Crippen LogP contribution in [-0.4, -0.2) is 36.9 Å². The van der Waals surface area contributed by atoms with E-state index in [0.717, 1.165) is 12.2 Å². The van der Waals surface area contributed by atoms with Crippen LogP contribution in [0.2, 0.25) is 5.02 Å². The predicted molar refractivity (Wildman–Crippen MR) is 70.3 cm³/mol. The molecule has 1 aromatic carbocycles. The summed E-state index contributed by atoms with van der Waals surface area (Å²) < 4.78 is 5.43. The van der Waals surface area contributed by atoms with E-state index in [1.807, 2.05) is 24.3 Å². The Morgan fingerprint density at radius 3 is 3.00 bits per heavy atom. The van der Waals surface area contributed by atoms with E-state index in [1.54, 1.807) is 0 Å². The largest absolute Gasteiger partial charge is 0.481 e. The molecule has 0 radical (unpaired) electrons. The zero-order valence-electron chi connectivity index (χ0n) is 10.0. The number of carbonyl (C=O) groups is 1. The van der Waals surface area contributed by atoms with Gasteiger partial charge in [-0.1, -0.05) is 23.7 Å². The molecule has 0 aromatic heterocycles. The summed E-state index contributed by atoms with van der Waals surface area (Å²) in [6, 6.07) is 7.71. The quantitative estimate of drug-likeness (QED) is 0.912. The first-order chi connectivity index (χ1) is 8.68. The van der Waals surface area contributed by atoms with Crippen LogP contribution in [0.5, 0.6) is 0 Å². The second-order valence-corrected chi connectivity index (χ2v) is 4.71. The van der Waals surface area contributed by atoms with Crippen molar-refractivity contribution in [3.05, 3.63) is 29.3 Å². The molecule has 1 N–H and O–H groups in total. The van der Waals surface area contributed by atoms with Gasteiger partial charge in [-0.2, -0.15) is 0 Å². The van der Waals surface area contributed by atoms with Gasteiger partial charge in [0.1, 0.15) is 0 Å². The summed E-state index contributed by atoms with van der Waals surface area (Å²) in [5, 5.41) is 9.46. The molecule has 5 heteroatoms. The van der Waals surface area contributed by atoms with Gasteiger partial charge in [0, 0.05) is 13.0 Å². The molecule has 0 aliphatic carbocycles. The molecule has 1 unspecified atom stereocenters. The average molecular weight is 270 g/mol. The second kappa shape index (κ2) is 6.07. The third-order valence-electron chi connectivity index (χ3n) is 3.08. The highest BCUT2D eigenvalue weighted by Gasteiger charge is 2.25. The maximum absolute atomic E-state index is 10.7. The van der Waals surface area contributed by atoms with Crippen LogP contribution in [0.1, 0.15) is 12.8 Å². The molecule has 1 fully saturated rings. The monoisotopic (exact) mass is 269 g/mol. The maximum Gasteiger partial charge on any atom is 0.303 e. The number of morpholine rings is 1. The van der Waals surface area contributed by atoms with E-state index in [2.05, 4.69) is 4.90 Å². The first-order valence-electron chi connectivity index (χ1n) is 5.99. The number of carboxylic acids is 1. The van der Waals surface area contributed by atoms with E-state index in [9.17, 15) is 4.79 Å². The van der Waals surface area contributed by atoms with Crippen LogP contribution < -0.4 is 4.90 Å². The molecule has 1 aliphatic heterocycles. The molecule has 2 rings (SSSR count). The number of nitrogens with zero attached hydrogens (tertiary/aromatic N) is 1. The number of aliphatic carboxylic acids is 1. The first-order valence-corrected chi connectivity index (χ1v) is 6.37. The van der Waals surface area contributed by atoms with Crippen LogP contribution in [0, 0.1) is 0 Å². The summed E-state index contributed by atoms with van der Waals surface area (Å²) in [6.45, 7) is 1.95. The highest BCUT2D eigenvalue weighted by molar-refractivity contribution is 6.33. The van der Waals surface area contributed by atoms with E-state index in [0.29, 0.717) is 24.7 Å². The van der Waals surface area contributed by atoms with E-state index >= 15 is 0 Å². The molecule has 4 nitrogen and oxygen atoms in total. The van der Waals surface area contributed by atoms with Gasteiger partial charge in [0.05, 0.1) is 30.0 Å². The van der Waals surface area contributed by atoms with Crippen LogP contribution in [0.3, 0.4) is 0 Å². The van der Waals surface area contributed by atoms with Gasteiger partial charge in [0.15, 0.2) is 0 Å². The molecule has 0 bridgehead atoms. The fraction of sp³-hybridized carbons (Fsp3) is 0.462. The number of benzene rings is 1. The normalized spacial score (nSPS) is 19.8. The molecule has 1 aromatic rings. The Balaban J connectivity index is 2.12. The summed E-state index contributed by atoms with van der Waals surface area (Å²) >= 11 is 6.19. The standard InChI is InChI=1S/C13H16ClNO3/c14-11-3-1-2-4-12(11)15-7-8-18-9-10(15)5-6-13(16)17/h1-4,10H,5-9H2,(H,16,17). The molecule has 1 heterocycles. The van der Waals surface area contributed by atoms with Gasteiger partial charge in [0.25, 0.3) is 0 Å². The number of hydrogen-bond acceptors (Lipinski definition) is 3. The lowest BCUT2D eigenvalue weighted by molar-refractivity contribution is -0.137. The zero-order chi connectivity index (χ0) is 13.0. The molecule has 0 saturated carbocycles. The molecule has 18 heavy (non-hydrogen) atoms. The number of ether oxygens (including phenoxy) is 1. The Morgan fingerprint density at radius 2 is 2.28 bits per heavy atom. The minimum atomic E-state index is -0.778. The Bertz CT molecular complexity index is 424. The lowest BCUT2D eigenvalue weighted by Crippen LogP contribution is -2.46. The summed E-state index contributed by atoms with van der Waals surface area (Å²) in [7, 11) is 0. The van der Waals surface area contributed by atoms with Gasteiger partial charge in [-0.05, 0) is 18.6 Å². The number of halogens is 1. The molecular formula is C13H16ClNO3. The SMILES string of the molecule is O=C(O)CCC1COCCN1c1ccccc1Cl. The summed E-state index contributed by atoms with van der Waals surface area (Å²) in [5.74, 6) is -0.778. The Kier molecular flexibility index (Phi) is 4.44. The lowest BCUT2D eigenvalue weighted by atomic mass is 10.1. The van der Waals surface area contributed by atoms with Gasteiger partial charge in [-0.15, -0.1) is 0 Å². The average Bonchev–Trinajstić information content (AvgIpc) is 2.37. The van der Waals surface area contributed by atoms with Crippen molar-refractivity contribution in [3.63, 3.8) is 0 Å². The Hall–Kier alpha value is -1.26. The van der Waals surface area contributed by atoms with Crippen molar-refractivity contribution in [1.29, 1.82) is 0 Å². The van der Waals surface area contributed by atoms with Crippen molar-refractivity contribution in [2.24, 2.45) is 0 Å². The van der Waals surface area contributed by atoms with E-state index in [4.69, 9.17) is 21.4 Å². The van der Waals surface area contributed by atoms with E-state index in [1.165, 1.54) is 0 Å². The number of para-hydroxylation sites is 1. The third-order valence-corrected chi connectivity index (χ3v) is 3.40. The van der Waals surface area contributed by atoms with Crippen LogP contribution in [-0.2, 0) is 9.53 Å². The molecular weight excluding hydrogens is 254 g/mol. The second-order valence-electron chi connectivity index (χ2n) is 4.31. The van der Waals surface area contributed by atoms with Gasteiger partial charge in [-0.3, -0.25) is 4.79 Å². The van der Waals surface area contributed by atoms with Crippen molar-refractivity contribution < 1.29 is 14.6 Å². The summed E-state index contributed by atoms with van der Waals surface area (Å²) in [6.07, 6.45) is 0.718. The highest BCUT2D eigenvalue weighted by atomic mass is 35.5. The van der Waals surface area contributed by atoms with Crippen LogP contribution in [0.15, 0.2) is 24.3 Å². The van der Waals surface area contributed by atoms with Gasteiger partial charge in [0.2, 0.25) is 0 Å². The smallest absolute Gasteiger partial charge is 0.303 e. The zero-order valence-corrected chi connectivity index (χ0v) is 10.8.